The van der Waals surface area contributed by atoms with Crippen LogP contribution in [-0.2, 0) is 10.2 Å². The van der Waals surface area contributed by atoms with Gasteiger partial charge in [-0.1, -0.05) is 34.5 Å². The maximum Gasteiger partial charge on any atom is 0.244 e. The average Bonchev–Trinajstić information content (AvgIpc) is 2.99. The largest absolute Gasteiger partial charge is 0.353 e. The van der Waals surface area contributed by atoms with Crippen molar-refractivity contribution in [2.45, 2.75) is 37.6 Å². The molecule has 116 valence electrons. The molecule has 1 fully saturated rings. The first-order chi connectivity index (χ1) is 10.6. The first-order valence-electron chi connectivity index (χ1n) is 7.49. The summed E-state index contributed by atoms with van der Waals surface area (Å²) in [5.74, 6) is -0.0215. The van der Waals surface area contributed by atoms with E-state index in [4.69, 9.17) is 0 Å². The van der Waals surface area contributed by atoms with Crippen LogP contribution in [0.2, 0.25) is 0 Å². The lowest BCUT2D eigenvalue weighted by Crippen LogP contribution is -2.47. The summed E-state index contributed by atoms with van der Waals surface area (Å²) in [5.41, 5.74) is 1.36. The van der Waals surface area contributed by atoms with E-state index >= 15 is 0 Å². The highest BCUT2D eigenvalue weighted by molar-refractivity contribution is 9.10. The monoisotopic (exact) mass is 362 g/mol. The number of hydrogen-bond donors (Lipinski definition) is 1. The molecular formula is C16H19BrN4O. The van der Waals surface area contributed by atoms with Crippen LogP contribution in [0.25, 0.3) is 0 Å². The molecule has 1 heterocycles. The quantitative estimate of drug-likeness (QED) is 0.889. The summed E-state index contributed by atoms with van der Waals surface area (Å²) < 4.78 is 2.65. The molecule has 1 amide bonds. The highest BCUT2D eigenvalue weighted by Gasteiger charge is 2.39. The number of amides is 1. The fourth-order valence-corrected chi connectivity index (χ4v) is 3.33. The summed E-state index contributed by atoms with van der Waals surface area (Å²) in [5, 5.41) is 7.11. The van der Waals surface area contributed by atoms with Crippen molar-refractivity contribution in [3.63, 3.8) is 0 Å². The lowest BCUT2D eigenvalue weighted by molar-refractivity contribution is -0.124. The molecule has 1 atom stereocenters. The molecule has 6 heteroatoms. The van der Waals surface area contributed by atoms with Gasteiger partial charge in [-0.05, 0) is 37.5 Å². The maximum atomic E-state index is 12.3. The summed E-state index contributed by atoms with van der Waals surface area (Å²) in [6, 6.07) is 8.05. The van der Waals surface area contributed by atoms with Gasteiger partial charge >= 0.3 is 0 Å². The van der Waals surface area contributed by atoms with Gasteiger partial charge in [0, 0.05) is 16.4 Å². The highest BCUT2D eigenvalue weighted by Crippen LogP contribution is 2.43. The number of benzene rings is 1. The Bertz CT molecular complexity index is 652. The number of carbonyl (C=O) groups is 1. The zero-order chi connectivity index (χ0) is 15.6. The van der Waals surface area contributed by atoms with Crippen molar-refractivity contribution in [2.75, 3.05) is 6.54 Å². The summed E-state index contributed by atoms with van der Waals surface area (Å²) in [7, 11) is 0. The van der Waals surface area contributed by atoms with Gasteiger partial charge in [0.2, 0.25) is 5.91 Å². The molecular weight excluding hydrogens is 344 g/mol. The predicted molar refractivity (Wildman–Crippen MR) is 87.4 cm³/mol. The summed E-state index contributed by atoms with van der Waals surface area (Å²) >= 11 is 3.53. The van der Waals surface area contributed by atoms with Crippen LogP contribution in [0.5, 0.6) is 0 Å². The van der Waals surface area contributed by atoms with Crippen molar-refractivity contribution >= 4 is 21.8 Å². The number of nitrogens with one attached hydrogen (secondary N) is 1. The zero-order valence-corrected chi connectivity index (χ0v) is 14.1. The lowest BCUT2D eigenvalue weighted by atomic mass is 9.64. The van der Waals surface area contributed by atoms with Gasteiger partial charge in [0.25, 0.3) is 0 Å². The molecule has 1 aliphatic carbocycles. The maximum absolute atomic E-state index is 12.3. The van der Waals surface area contributed by atoms with Crippen molar-refractivity contribution in [2.24, 2.45) is 0 Å². The van der Waals surface area contributed by atoms with Gasteiger partial charge < -0.3 is 5.32 Å². The molecule has 1 aliphatic rings. The summed E-state index contributed by atoms with van der Waals surface area (Å²) in [6.07, 6.45) is 6.44. The number of nitrogens with zero attached hydrogens (tertiary/aromatic N) is 3. The number of halogens is 1. The van der Waals surface area contributed by atoms with Gasteiger partial charge in [-0.15, -0.1) is 0 Å². The third-order valence-corrected chi connectivity index (χ3v) is 5.05. The first-order valence-corrected chi connectivity index (χ1v) is 8.28. The van der Waals surface area contributed by atoms with E-state index in [0.29, 0.717) is 6.54 Å². The fourth-order valence-electron chi connectivity index (χ4n) is 2.93. The van der Waals surface area contributed by atoms with E-state index in [0.717, 1.165) is 17.3 Å². The second-order valence-electron chi connectivity index (χ2n) is 5.91. The SMILES string of the molecule is C[C@@H](C(=O)NCC1(c2cccc(Br)c2)CCC1)n1cncn1. The Morgan fingerprint density at radius 2 is 2.32 bits per heavy atom. The molecule has 0 radical (unpaired) electrons. The molecule has 0 unspecified atom stereocenters. The normalized spacial score (nSPS) is 17.5. The van der Waals surface area contributed by atoms with Crippen molar-refractivity contribution in [3.05, 3.63) is 47.0 Å². The number of rotatable bonds is 5. The van der Waals surface area contributed by atoms with Crippen LogP contribution in [0.3, 0.4) is 0 Å². The van der Waals surface area contributed by atoms with Crippen LogP contribution < -0.4 is 5.32 Å². The Balaban J connectivity index is 1.67. The molecule has 1 aromatic carbocycles. The van der Waals surface area contributed by atoms with Crippen molar-refractivity contribution in [1.82, 2.24) is 20.1 Å². The smallest absolute Gasteiger partial charge is 0.244 e. The second-order valence-corrected chi connectivity index (χ2v) is 6.83. The summed E-state index contributed by atoms with van der Waals surface area (Å²) in [6.45, 7) is 2.50. The Kier molecular flexibility index (Phi) is 4.29. The van der Waals surface area contributed by atoms with Crippen LogP contribution in [0.15, 0.2) is 41.4 Å². The fraction of sp³-hybridized carbons (Fsp3) is 0.438. The van der Waals surface area contributed by atoms with E-state index in [-0.39, 0.29) is 17.4 Å². The van der Waals surface area contributed by atoms with Crippen LogP contribution in [-0.4, -0.2) is 27.2 Å². The van der Waals surface area contributed by atoms with Crippen LogP contribution in [0.4, 0.5) is 0 Å². The minimum Gasteiger partial charge on any atom is -0.353 e. The van der Waals surface area contributed by atoms with Gasteiger partial charge in [-0.3, -0.25) is 4.79 Å². The van der Waals surface area contributed by atoms with Crippen LogP contribution in [0, 0.1) is 0 Å². The molecule has 2 aromatic rings. The van der Waals surface area contributed by atoms with Crippen LogP contribution in [0.1, 0.15) is 37.8 Å². The number of carbonyl (C=O) groups excluding carboxylic acids is 1. The third kappa shape index (κ3) is 2.92. The minimum absolute atomic E-state index is 0.0215. The van der Waals surface area contributed by atoms with E-state index in [1.807, 2.05) is 13.0 Å². The molecule has 1 N–H and O–H groups in total. The van der Waals surface area contributed by atoms with Gasteiger partial charge in [0.05, 0.1) is 0 Å². The lowest BCUT2D eigenvalue weighted by Gasteiger charge is -2.43. The molecule has 5 nitrogen and oxygen atoms in total. The van der Waals surface area contributed by atoms with Gasteiger partial charge in [0.1, 0.15) is 18.7 Å². The highest BCUT2D eigenvalue weighted by atomic mass is 79.9. The predicted octanol–water partition coefficient (Wildman–Crippen LogP) is 2.84. The molecule has 3 rings (SSSR count). The van der Waals surface area contributed by atoms with Crippen molar-refractivity contribution in [3.8, 4) is 0 Å². The van der Waals surface area contributed by atoms with Gasteiger partial charge in [-0.25, -0.2) is 9.67 Å². The molecule has 0 aliphatic heterocycles. The molecule has 22 heavy (non-hydrogen) atoms. The summed E-state index contributed by atoms with van der Waals surface area (Å²) in [4.78, 5) is 16.2. The Morgan fingerprint density at radius 3 is 2.91 bits per heavy atom. The molecule has 1 saturated carbocycles. The minimum atomic E-state index is -0.345. The van der Waals surface area contributed by atoms with Gasteiger partial charge in [0.15, 0.2) is 0 Å². The van der Waals surface area contributed by atoms with Gasteiger partial charge in [-0.2, -0.15) is 5.10 Å². The van der Waals surface area contributed by atoms with E-state index in [1.165, 1.54) is 18.3 Å². The van der Waals surface area contributed by atoms with E-state index in [9.17, 15) is 4.79 Å². The Morgan fingerprint density at radius 1 is 1.50 bits per heavy atom. The third-order valence-electron chi connectivity index (χ3n) is 4.56. The molecule has 0 bridgehead atoms. The topological polar surface area (TPSA) is 59.8 Å². The zero-order valence-electron chi connectivity index (χ0n) is 12.5. The average molecular weight is 363 g/mol. The van der Waals surface area contributed by atoms with Crippen molar-refractivity contribution in [1.29, 1.82) is 0 Å². The van der Waals surface area contributed by atoms with Crippen molar-refractivity contribution < 1.29 is 4.79 Å². The molecule has 1 aromatic heterocycles. The molecule has 0 saturated heterocycles. The number of aromatic nitrogens is 3. The molecule has 0 spiro atoms. The second kappa shape index (κ2) is 6.20. The Labute approximate surface area is 138 Å². The Hall–Kier alpha value is -1.69. The first kappa shape index (κ1) is 15.2. The number of hydrogen-bond acceptors (Lipinski definition) is 3. The van der Waals surface area contributed by atoms with E-state index < -0.39 is 0 Å². The van der Waals surface area contributed by atoms with E-state index in [2.05, 4.69) is 49.5 Å². The van der Waals surface area contributed by atoms with Crippen LogP contribution >= 0.6 is 15.9 Å². The van der Waals surface area contributed by atoms with E-state index in [1.54, 1.807) is 11.0 Å². The standard InChI is InChI=1S/C16H19BrN4O/c1-12(21-11-18-10-20-21)15(22)19-9-16(6-3-7-16)13-4-2-5-14(17)8-13/h2,4-5,8,10-12H,3,6-7,9H2,1H3,(H,19,22)/t12-/m0/s1.